The minimum absolute atomic E-state index is 0.0829. The molecular weight excluding hydrogens is 392 g/mol. The molecule has 0 saturated carbocycles. The fraction of sp³-hybridized carbons (Fsp3) is 0.444. The van der Waals surface area contributed by atoms with Crippen molar-refractivity contribution in [1.29, 1.82) is 0 Å². The van der Waals surface area contributed by atoms with E-state index in [0.717, 1.165) is 23.0 Å². The Morgan fingerprint density at radius 2 is 1.62 bits per heavy atom. The van der Waals surface area contributed by atoms with Gasteiger partial charge in [-0.1, -0.05) is 0 Å². The zero-order valence-corrected chi connectivity index (χ0v) is 17.8. The lowest BCUT2D eigenvalue weighted by molar-refractivity contribution is 0.382. The van der Waals surface area contributed by atoms with Crippen molar-refractivity contribution in [2.75, 3.05) is 31.1 Å². The van der Waals surface area contributed by atoms with Crippen LogP contribution >= 0.6 is 0 Å². The lowest BCUT2D eigenvalue weighted by Gasteiger charge is -2.34. The van der Waals surface area contributed by atoms with E-state index in [0.29, 0.717) is 32.0 Å². The number of hydrogen-bond donors (Lipinski definition) is 0. The summed E-state index contributed by atoms with van der Waals surface area (Å²) in [5.41, 5.74) is 1.98. The Morgan fingerprint density at radius 1 is 0.931 bits per heavy atom. The number of rotatable bonds is 4. The first-order valence-electron chi connectivity index (χ1n) is 9.35. The molecule has 0 atom stereocenters. The maximum atomic E-state index is 12.8. The Kier molecular flexibility index (Phi) is 4.87. The molecule has 1 aliphatic rings. The number of sulfonamides is 1. The molecule has 11 heteroatoms. The molecule has 4 rings (SSSR count). The second kappa shape index (κ2) is 7.23. The van der Waals surface area contributed by atoms with Gasteiger partial charge in [-0.2, -0.15) is 4.31 Å². The molecule has 0 bridgehead atoms. The van der Waals surface area contributed by atoms with E-state index in [1.165, 1.54) is 16.8 Å². The summed E-state index contributed by atoms with van der Waals surface area (Å²) in [7, 11) is -1.83. The van der Waals surface area contributed by atoms with Crippen molar-refractivity contribution in [3.63, 3.8) is 0 Å². The topological polar surface area (TPSA) is 102 Å². The van der Waals surface area contributed by atoms with Crippen molar-refractivity contribution in [3.05, 3.63) is 42.1 Å². The Morgan fingerprint density at radius 3 is 2.21 bits per heavy atom. The number of piperazine rings is 1. The Hall–Kier alpha value is -2.79. The maximum Gasteiger partial charge on any atom is 0.262 e. The van der Waals surface area contributed by atoms with Crippen molar-refractivity contribution in [2.24, 2.45) is 7.05 Å². The van der Waals surface area contributed by atoms with Gasteiger partial charge in [0, 0.05) is 51.2 Å². The van der Waals surface area contributed by atoms with Crippen molar-refractivity contribution in [2.45, 2.75) is 25.8 Å². The van der Waals surface area contributed by atoms with Crippen molar-refractivity contribution >= 4 is 15.8 Å². The lowest BCUT2D eigenvalue weighted by Crippen LogP contribution is -2.49. The normalized spacial score (nSPS) is 15.8. The largest absolute Gasteiger partial charge is 0.354 e. The third-order valence-electron chi connectivity index (χ3n) is 5.16. The molecule has 10 nitrogen and oxygen atoms in total. The zero-order valence-electron chi connectivity index (χ0n) is 16.9. The highest BCUT2D eigenvalue weighted by atomic mass is 32.2. The van der Waals surface area contributed by atoms with E-state index in [9.17, 15) is 8.42 Å². The quantitative estimate of drug-likeness (QED) is 0.621. The molecule has 3 aromatic rings. The fourth-order valence-electron chi connectivity index (χ4n) is 3.36. The Labute approximate surface area is 169 Å². The van der Waals surface area contributed by atoms with Gasteiger partial charge in [-0.3, -0.25) is 4.57 Å². The number of aromatic nitrogens is 6. The van der Waals surface area contributed by atoms with Gasteiger partial charge in [-0.25, -0.2) is 28.4 Å². The highest BCUT2D eigenvalue weighted by Crippen LogP contribution is 2.21. The van der Waals surface area contributed by atoms with Gasteiger partial charge in [0.25, 0.3) is 10.0 Å². The van der Waals surface area contributed by atoms with Crippen LogP contribution in [0.3, 0.4) is 0 Å². The predicted octanol–water partition coefficient (Wildman–Crippen LogP) is 0.832. The molecule has 0 amide bonds. The van der Waals surface area contributed by atoms with Crippen LogP contribution in [-0.2, 0) is 17.1 Å². The number of nitrogens with zero attached hydrogens (tertiary/aromatic N) is 8. The monoisotopic (exact) mass is 416 g/mol. The summed E-state index contributed by atoms with van der Waals surface area (Å²) in [5.74, 6) is 2.20. The van der Waals surface area contributed by atoms with Crippen LogP contribution in [0.1, 0.15) is 17.2 Å². The average molecular weight is 417 g/mol. The smallest absolute Gasteiger partial charge is 0.262 e. The van der Waals surface area contributed by atoms with Crippen molar-refractivity contribution in [3.8, 4) is 5.82 Å². The van der Waals surface area contributed by atoms with Gasteiger partial charge in [-0.05, 0) is 20.8 Å². The molecule has 0 N–H and O–H groups in total. The van der Waals surface area contributed by atoms with Gasteiger partial charge in [0.2, 0.25) is 0 Å². The zero-order chi connectivity index (χ0) is 20.8. The minimum Gasteiger partial charge on any atom is -0.354 e. The fourth-order valence-corrected chi connectivity index (χ4v) is 4.75. The first kappa shape index (κ1) is 19.5. The van der Waals surface area contributed by atoms with E-state index in [1.54, 1.807) is 17.9 Å². The van der Waals surface area contributed by atoms with E-state index >= 15 is 0 Å². The summed E-state index contributed by atoms with van der Waals surface area (Å²) in [5, 5.41) is 0.0829. The molecule has 1 saturated heterocycles. The molecule has 0 aromatic carbocycles. The van der Waals surface area contributed by atoms with Crippen LogP contribution in [-0.4, -0.2) is 68.0 Å². The SMILES string of the molecule is Cc1nc(N2CCN(S(=O)(=O)c3cn(C)cn3)CC2)cc(-n2cnc(C)c2C)n1. The van der Waals surface area contributed by atoms with Gasteiger partial charge >= 0.3 is 0 Å². The summed E-state index contributed by atoms with van der Waals surface area (Å²) >= 11 is 0. The molecule has 0 unspecified atom stereocenters. The Bertz CT molecular complexity index is 1140. The van der Waals surface area contributed by atoms with E-state index in [2.05, 4.69) is 24.8 Å². The van der Waals surface area contributed by atoms with Crippen LogP contribution in [0.5, 0.6) is 0 Å². The van der Waals surface area contributed by atoms with Crippen LogP contribution in [0.15, 0.2) is 29.9 Å². The van der Waals surface area contributed by atoms with Crippen molar-refractivity contribution in [1.82, 2.24) is 33.4 Å². The third kappa shape index (κ3) is 3.62. The van der Waals surface area contributed by atoms with E-state index in [-0.39, 0.29) is 5.03 Å². The molecular formula is C18H24N8O2S. The van der Waals surface area contributed by atoms with Crippen LogP contribution < -0.4 is 4.90 Å². The summed E-state index contributed by atoms with van der Waals surface area (Å²) in [6, 6.07) is 1.92. The van der Waals surface area contributed by atoms with Gasteiger partial charge in [-0.15, -0.1) is 0 Å². The van der Waals surface area contributed by atoms with Crippen molar-refractivity contribution < 1.29 is 8.42 Å². The summed E-state index contributed by atoms with van der Waals surface area (Å²) in [6.45, 7) is 7.66. The molecule has 1 aliphatic heterocycles. The molecule has 3 aromatic heterocycles. The molecule has 0 aliphatic carbocycles. The number of imidazole rings is 2. The molecule has 0 radical (unpaired) electrons. The van der Waals surface area contributed by atoms with Gasteiger partial charge < -0.3 is 9.47 Å². The highest BCUT2D eigenvalue weighted by molar-refractivity contribution is 7.89. The van der Waals surface area contributed by atoms with Crippen LogP contribution in [0.25, 0.3) is 5.82 Å². The van der Waals surface area contributed by atoms with E-state index in [4.69, 9.17) is 0 Å². The van der Waals surface area contributed by atoms with E-state index in [1.807, 2.05) is 31.4 Å². The molecule has 0 spiro atoms. The number of aryl methyl sites for hydroxylation is 3. The lowest BCUT2D eigenvalue weighted by atomic mass is 10.3. The number of hydrogen-bond acceptors (Lipinski definition) is 7. The Balaban J connectivity index is 1.54. The number of anilines is 1. The molecule has 1 fully saturated rings. The predicted molar refractivity (Wildman–Crippen MR) is 108 cm³/mol. The molecule has 4 heterocycles. The van der Waals surface area contributed by atoms with Gasteiger partial charge in [0.05, 0.1) is 12.0 Å². The third-order valence-corrected chi connectivity index (χ3v) is 6.94. The maximum absolute atomic E-state index is 12.8. The van der Waals surface area contributed by atoms with Gasteiger partial charge in [0.15, 0.2) is 5.03 Å². The summed E-state index contributed by atoms with van der Waals surface area (Å²) in [6.07, 6.45) is 4.78. The molecule has 154 valence electrons. The van der Waals surface area contributed by atoms with E-state index < -0.39 is 10.0 Å². The standard InChI is InChI=1S/C18H24N8O2S/c1-13-14(2)26(12-19-13)17-9-16(21-15(3)22-17)24-5-7-25(8-6-24)29(27,28)18-10-23(4)11-20-18/h9-12H,5-8H2,1-4H3. The minimum atomic E-state index is -3.58. The molecule has 29 heavy (non-hydrogen) atoms. The van der Waals surface area contributed by atoms with Crippen LogP contribution in [0, 0.1) is 20.8 Å². The van der Waals surface area contributed by atoms with Gasteiger partial charge in [0.1, 0.15) is 23.8 Å². The summed E-state index contributed by atoms with van der Waals surface area (Å²) in [4.78, 5) is 19.5. The summed E-state index contributed by atoms with van der Waals surface area (Å²) < 4.78 is 30.6. The van der Waals surface area contributed by atoms with Crippen LogP contribution in [0.4, 0.5) is 5.82 Å². The highest BCUT2D eigenvalue weighted by Gasteiger charge is 2.30. The average Bonchev–Trinajstić information content (AvgIpc) is 3.28. The first-order valence-corrected chi connectivity index (χ1v) is 10.8. The van der Waals surface area contributed by atoms with Crippen LogP contribution in [0.2, 0.25) is 0 Å². The second-order valence-corrected chi connectivity index (χ2v) is 9.07. The first-order chi connectivity index (χ1) is 13.8. The second-order valence-electron chi connectivity index (χ2n) is 7.19.